The molecule has 0 atom stereocenters. The van der Waals surface area contributed by atoms with Crippen molar-refractivity contribution in [3.63, 3.8) is 0 Å². The van der Waals surface area contributed by atoms with Crippen molar-refractivity contribution in [2.45, 2.75) is 6.92 Å². The molecule has 0 aliphatic heterocycles. The van der Waals surface area contributed by atoms with Crippen LogP contribution in [0.5, 0.6) is 5.75 Å². The fourth-order valence-corrected chi connectivity index (χ4v) is 2.51. The molecule has 8 heteroatoms. The lowest BCUT2D eigenvalue weighted by Gasteiger charge is -2.13. The summed E-state index contributed by atoms with van der Waals surface area (Å²) in [7, 11) is 1.60. The highest BCUT2D eigenvalue weighted by Gasteiger charge is 2.11. The molecule has 0 radical (unpaired) electrons. The third-order valence-electron chi connectivity index (χ3n) is 3.85. The number of hydrogen-bond donors (Lipinski definition) is 3. The van der Waals surface area contributed by atoms with Crippen LogP contribution < -0.4 is 21.1 Å². The summed E-state index contributed by atoms with van der Waals surface area (Å²) in [5.41, 5.74) is 8.43. The Morgan fingerprint density at radius 2 is 1.68 bits per heavy atom. The summed E-state index contributed by atoms with van der Waals surface area (Å²) in [6.45, 7) is 2.08. The second-order valence-electron chi connectivity index (χ2n) is 5.77. The number of carbonyl (C=O) groups excluding carboxylic acids is 1. The van der Waals surface area contributed by atoms with Crippen LogP contribution in [-0.2, 0) is 4.74 Å². The molecule has 28 heavy (non-hydrogen) atoms. The van der Waals surface area contributed by atoms with Gasteiger partial charge in [-0.15, -0.1) is 0 Å². The van der Waals surface area contributed by atoms with Gasteiger partial charge < -0.3 is 25.8 Å². The number of aromatic nitrogens is 2. The number of esters is 1. The molecule has 3 rings (SSSR count). The first-order valence-electron chi connectivity index (χ1n) is 8.66. The average Bonchev–Trinajstić information content (AvgIpc) is 2.71. The molecule has 144 valence electrons. The van der Waals surface area contributed by atoms with E-state index in [0.717, 1.165) is 5.69 Å². The maximum absolute atomic E-state index is 11.9. The number of methoxy groups -OCH3 is 1. The minimum atomic E-state index is -0.387. The molecule has 8 nitrogen and oxygen atoms in total. The van der Waals surface area contributed by atoms with Gasteiger partial charge in [-0.3, -0.25) is 0 Å². The molecule has 0 unspecified atom stereocenters. The van der Waals surface area contributed by atoms with E-state index in [0.29, 0.717) is 40.9 Å². The van der Waals surface area contributed by atoms with Gasteiger partial charge in [0.05, 0.1) is 19.3 Å². The summed E-state index contributed by atoms with van der Waals surface area (Å²) >= 11 is 0. The second kappa shape index (κ2) is 8.72. The smallest absolute Gasteiger partial charge is 0.338 e. The van der Waals surface area contributed by atoms with Gasteiger partial charge >= 0.3 is 5.97 Å². The van der Waals surface area contributed by atoms with Crippen LogP contribution in [0.1, 0.15) is 17.3 Å². The normalized spacial score (nSPS) is 10.2. The number of carbonyl (C=O) groups is 1. The summed E-state index contributed by atoms with van der Waals surface area (Å²) in [5.74, 6) is 1.20. The van der Waals surface area contributed by atoms with E-state index in [1.807, 2.05) is 24.3 Å². The number of rotatable bonds is 7. The van der Waals surface area contributed by atoms with Crippen LogP contribution in [0.2, 0.25) is 0 Å². The maximum atomic E-state index is 11.9. The number of hydrogen-bond acceptors (Lipinski definition) is 8. The molecule has 0 aliphatic carbocycles. The van der Waals surface area contributed by atoms with E-state index in [1.54, 1.807) is 38.3 Å². The van der Waals surface area contributed by atoms with Crippen molar-refractivity contribution in [3.8, 4) is 5.75 Å². The molecule has 0 bridgehead atoms. The van der Waals surface area contributed by atoms with Gasteiger partial charge in [-0.25, -0.2) is 14.8 Å². The number of nitrogens with zero attached hydrogens (tertiary/aromatic N) is 2. The standard InChI is InChI=1S/C20H21N5O3/c1-3-28-20(26)13-6-4-7-14(10-13)24-18-17(21)19(23-12-22-18)25-15-8-5-9-16(11-15)27-2/h4-12H,3,21H2,1-2H3,(H2,22,23,24,25). The third kappa shape index (κ3) is 4.47. The molecular formula is C20H21N5O3. The molecule has 0 spiro atoms. The van der Waals surface area contributed by atoms with Crippen molar-refractivity contribution >= 4 is 34.7 Å². The van der Waals surface area contributed by atoms with Gasteiger partial charge in [0, 0.05) is 17.4 Å². The minimum Gasteiger partial charge on any atom is -0.497 e. The zero-order chi connectivity index (χ0) is 19.9. The van der Waals surface area contributed by atoms with E-state index in [9.17, 15) is 4.79 Å². The second-order valence-corrected chi connectivity index (χ2v) is 5.77. The van der Waals surface area contributed by atoms with Crippen LogP contribution in [0.15, 0.2) is 54.9 Å². The number of nitrogen functional groups attached to an aromatic ring is 1. The molecule has 1 aromatic heterocycles. The average molecular weight is 379 g/mol. The Kier molecular flexibility index (Phi) is 5.91. The highest BCUT2D eigenvalue weighted by molar-refractivity contribution is 5.91. The zero-order valence-electron chi connectivity index (χ0n) is 15.6. The van der Waals surface area contributed by atoms with Crippen molar-refractivity contribution < 1.29 is 14.3 Å². The summed E-state index contributed by atoms with van der Waals surface area (Å²) in [6.07, 6.45) is 1.40. The fraction of sp³-hybridized carbons (Fsp3) is 0.150. The monoisotopic (exact) mass is 379 g/mol. The minimum absolute atomic E-state index is 0.314. The SMILES string of the molecule is CCOC(=O)c1cccc(Nc2ncnc(Nc3cccc(OC)c3)c2N)c1. The van der Waals surface area contributed by atoms with E-state index in [1.165, 1.54) is 6.33 Å². The Balaban J connectivity index is 1.81. The van der Waals surface area contributed by atoms with Crippen LogP contribution >= 0.6 is 0 Å². The largest absolute Gasteiger partial charge is 0.497 e. The lowest BCUT2D eigenvalue weighted by Crippen LogP contribution is -2.07. The number of benzene rings is 2. The zero-order valence-corrected chi connectivity index (χ0v) is 15.6. The van der Waals surface area contributed by atoms with Crippen LogP contribution in [-0.4, -0.2) is 29.7 Å². The fourth-order valence-electron chi connectivity index (χ4n) is 2.51. The van der Waals surface area contributed by atoms with Gasteiger partial charge in [-0.2, -0.15) is 0 Å². The molecular weight excluding hydrogens is 358 g/mol. The van der Waals surface area contributed by atoms with Crippen molar-refractivity contribution in [1.29, 1.82) is 0 Å². The van der Waals surface area contributed by atoms with Crippen LogP contribution in [0.4, 0.5) is 28.7 Å². The first-order valence-corrected chi connectivity index (χ1v) is 8.66. The van der Waals surface area contributed by atoms with E-state index >= 15 is 0 Å². The van der Waals surface area contributed by atoms with E-state index in [2.05, 4.69) is 20.6 Å². The number of ether oxygens (including phenoxy) is 2. The highest BCUT2D eigenvalue weighted by atomic mass is 16.5. The molecule has 3 aromatic rings. The molecule has 0 amide bonds. The van der Waals surface area contributed by atoms with Gasteiger partial charge in [-0.05, 0) is 37.3 Å². The first kappa shape index (κ1) is 19.0. The lowest BCUT2D eigenvalue weighted by molar-refractivity contribution is 0.0526. The van der Waals surface area contributed by atoms with Crippen molar-refractivity contribution in [3.05, 3.63) is 60.4 Å². The number of nitrogens with two attached hydrogens (primary N) is 1. The molecule has 0 saturated carbocycles. The van der Waals surface area contributed by atoms with Gasteiger partial charge in [0.1, 0.15) is 17.8 Å². The van der Waals surface area contributed by atoms with Crippen molar-refractivity contribution in [2.24, 2.45) is 0 Å². The van der Waals surface area contributed by atoms with Gasteiger partial charge in [0.15, 0.2) is 11.6 Å². The first-order chi connectivity index (χ1) is 13.6. The van der Waals surface area contributed by atoms with Gasteiger partial charge in [0.25, 0.3) is 0 Å². The van der Waals surface area contributed by atoms with E-state index < -0.39 is 0 Å². The predicted molar refractivity (Wildman–Crippen MR) is 108 cm³/mol. The van der Waals surface area contributed by atoms with E-state index in [-0.39, 0.29) is 5.97 Å². The Morgan fingerprint density at radius 3 is 2.32 bits per heavy atom. The van der Waals surface area contributed by atoms with Crippen LogP contribution in [0, 0.1) is 0 Å². The molecule has 0 fully saturated rings. The lowest BCUT2D eigenvalue weighted by atomic mass is 10.2. The Bertz CT molecular complexity index is 978. The Labute approximate surface area is 162 Å². The molecule has 0 aliphatic rings. The van der Waals surface area contributed by atoms with Gasteiger partial charge in [0.2, 0.25) is 0 Å². The Hall–Kier alpha value is -3.81. The number of nitrogens with one attached hydrogen (secondary N) is 2. The topological polar surface area (TPSA) is 111 Å². The molecule has 0 saturated heterocycles. The molecule has 1 heterocycles. The molecule has 4 N–H and O–H groups in total. The number of anilines is 5. The molecule has 2 aromatic carbocycles. The third-order valence-corrected chi connectivity index (χ3v) is 3.85. The van der Waals surface area contributed by atoms with E-state index in [4.69, 9.17) is 15.2 Å². The highest BCUT2D eigenvalue weighted by Crippen LogP contribution is 2.29. The maximum Gasteiger partial charge on any atom is 0.338 e. The van der Waals surface area contributed by atoms with Gasteiger partial charge in [-0.1, -0.05) is 12.1 Å². The predicted octanol–water partition coefficient (Wildman–Crippen LogP) is 3.73. The van der Waals surface area contributed by atoms with Crippen LogP contribution in [0.25, 0.3) is 0 Å². The van der Waals surface area contributed by atoms with Crippen molar-refractivity contribution in [2.75, 3.05) is 30.1 Å². The summed E-state index contributed by atoms with van der Waals surface area (Å²) in [6, 6.07) is 14.3. The quantitative estimate of drug-likeness (QED) is 0.533. The Morgan fingerprint density at radius 1 is 1.04 bits per heavy atom. The van der Waals surface area contributed by atoms with Crippen molar-refractivity contribution in [1.82, 2.24) is 9.97 Å². The summed E-state index contributed by atoms with van der Waals surface area (Å²) < 4.78 is 10.2. The van der Waals surface area contributed by atoms with Crippen LogP contribution in [0.3, 0.4) is 0 Å². The summed E-state index contributed by atoms with van der Waals surface area (Å²) in [5, 5.41) is 6.26. The summed E-state index contributed by atoms with van der Waals surface area (Å²) in [4.78, 5) is 20.3.